The van der Waals surface area contributed by atoms with Crippen molar-refractivity contribution >= 4 is 23.6 Å². The zero-order valence-corrected chi connectivity index (χ0v) is 13.6. The average molecular weight is 306 g/mol. The number of thioether (sulfide) groups is 1. The zero-order chi connectivity index (χ0) is 15.5. The standard InChI is InChI=1S/C16H22N2O2S/c1-4-13(11-21-3)18-10-14(19)17-16(2,15(18)20)12-8-6-5-7-9-12/h5-9,13H,4,10-11H2,1-3H3,(H,17,19). The Labute approximate surface area is 130 Å². The molecule has 4 nitrogen and oxygen atoms in total. The normalized spacial score (nSPS) is 23.9. The monoisotopic (exact) mass is 306 g/mol. The highest BCUT2D eigenvalue weighted by molar-refractivity contribution is 7.98. The van der Waals surface area contributed by atoms with Crippen molar-refractivity contribution in [1.29, 1.82) is 0 Å². The van der Waals surface area contributed by atoms with Crippen LogP contribution in [0.5, 0.6) is 0 Å². The number of rotatable bonds is 5. The molecule has 1 aromatic carbocycles. The number of hydrogen-bond donors (Lipinski definition) is 1. The van der Waals surface area contributed by atoms with Gasteiger partial charge in [0.15, 0.2) is 0 Å². The zero-order valence-electron chi connectivity index (χ0n) is 12.8. The summed E-state index contributed by atoms with van der Waals surface area (Å²) < 4.78 is 0. The van der Waals surface area contributed by atoms with Gasteiger partial charge in [0.05, 0.1) is 6.54 Å². The predicted octanol–water partition coefficient (Wildman–Crippen LogP) is 2.00. The first-order valence-corrected chi connectivity index (χ1v) is 8.58. The summed E-state index contributed by atoms with van der Waals surface area (Å²) in [7, 11) is 0. The van der Waals surface area contributed by atoms with E-state index in [4.69, 9.17) is 0 Å². The molecule has 1 saturated heterocycles. The second kappa shape index (κ2) is 6.52. The predicted molar refractivity (Wildman–Crippen MR) is 86.1 cm³/mol. The van der Waals surface area contributed by atoms with Crippen molar-refractivity contribution in [3.8, 4) is 0 Å². The lowest BCUT2D eigenvalue weighted by Crippen LogP contribution is -2.65. The van der Waals surface area contributed by atoms with Gasteiger partial charge in [0.25, 0.3) is 5.91 Å². The first-order valence-electron chi connectivity index (χ1n) is 7.19. The summed E-state index contributed by atoms with van der Waals surface area (Å²) in [5.41, 5.74) is -0.144. The molecule has 1 heterocycles. The molecular weight excluding hydrogens is 284 g/mol. The second-order valence-electron chi connectivity index (χ2n) is 5.49. The Morgan fingerprint density at radius 3 is 2.57 bits per heavy atom. The van der Waals surface area contributed by atoms with Crippen molar-refractivity contribution in [2.75, 3.05) is 18.6 Å². The van der Waals surface area contributed by atoms with Crippen LogP contribution in [-0.4, -0.2) is 41.3 Å². The van der Waals surface area contributed by atoms with E-state index >= 15 is 0 Å². The molecular formula is C16H22N2O2S. The maximum atomic E-state index is 13.0. The van der Waals surface area contributed by atoms with Gasteiger partial charge in [0.1, 0.15) is 5.54 Å². The molecule has 5 heteroatoms. The molecule has 1 N–H and O–H groups in total. The van der Waals surface area contributed by atoms with E-state index in [2.05, 4.69) is 12.2 Å². The molecule has 2 rings (SSSR count). The van der Waals surface area contributed by atoms with Crippen LogP contribution in [0, 0.1) is 0 Å². The third-order valence-corrected chi connectivity index (χ3v) is 4.73. The number of nitrogens with one attached hydrogen (secondary N) is 1. The summed E-state index contributed by atoms with van der Waals surface area (Å²) in [5.74, 6) is 0.732. The molecule has 0 saturated carbocycles. The Balaban J connectivity index is 2.35. The van der Waals surface area contributed by atoms with Gasteiger partial charge in [-0.2, -0.15) is 11.8 Å². The second-order valence-corrected chi connectivity index (χ2v) is 6.40. The van der Waals surface area contributed by atoms with E-state index < -0.39 is 5.54 Å². The number of piperazine rings is 1. The number of carbonyl (C=O) groups is 2. The van der Waals surface area contributed by atoms with Gasteiger partial charge in [-0.3, -0.25) is 9.59 Å². The smallest absolute Gasteiger partial charge is 0.253 e. The first-order chi connectivity index (χ1) is 10.0. The molecule has 0 spiro atoms. The highest BCUT2D eigenvalue weighted by atomic mass is 32.2. The number of benzene rings is 1. The third kappa shape index (κ3) is 3.07. The van der Waals surface area contributed by atoms with E-state index in [1.165, 1.54) is 0 Å². The minimum absolute atomic E-state index is 0.0193. The highest BCUT2D eigenvalue weighted by Crippen LogP contribution is 2.28. The van der Waals surface area contributed by atoms with Crippen molar-refractivity contribution < 1.29 is 9.59 Å². The Kier molecular flexibility index (Phi) is 4.93. The van der Waals surface area contributed by atoms with E-state index in [1.54, 1.807) is 23.6 Å². The SMILES string of the molecule is CCC(CSC)N1CC(=O)NC(C)(c2ccccc2)C1=O. The minimum Gasteiger partial charge on any atom is -0.337 e. The summed E-state index contributed by atoms with van der Waals surface area (Å²) in [6.45, 7) is 4.00. The van der Waals surface area contributed by atoms with Crippen molar-refractivity contribution in [3.05, 3.63) is 35.9 Å². The van der Waals surface area contributed by atoms with E-state index in [0.717, 1.165) is 17.7 Å². The molecule has 1 aromatic rings. The molecule has 0 radical (unpaired) electrons. The van der Waals surface area contributed by atoms with Crippen molar-refractivity contribution in [2.24, 2.45) is 0 Å². The Bertz CT molecular complexity index is 520. The van der Waals surface area contributed by atoms with Gasteiger partial charge in [0.2, 0.25) is 5.91 Å². The van der Waals surface area contributed by atoms with Gasteiger partial charge in [0, 0.05) is 11.8 Å². The summed E-state index contributed by atoms with van der Waals surface area (Å²) in [6.07, 6.45) is 2.87. The fourth-order valence-corrected chi connectivity index (χ4v) is 3.57. The van der Waals surface area contributed by atoms with Gasteiger partial charge in [-0.25, -0.2) is 0 Å². The molecule has 0 aromatic heterocycles. The molecule has 114 valence electrons. The van der Waals surface area contributed by atoms with Gasteiger partial charge < -0.3 is 10.2 Å². The highest BCUT2D eigenvalue weighted by Gasteiger charge is 2.45. The van der Waals surface area contributed by atoms with Crippen LogP contribution in [0.25, 0.3) is 0 Å². The van der Waals surface area contributed by atoms with Crippen LogP contribution in [0.15, 0.2) is 30.3 Å². The van der Waals surface area contributed by atoms with Crippen LogP contribution in [0.4, 0.5) is 0 Å². The molecule has 2 unspecified atom stereocenters. The number of hydrogen-bond acceptors (Lipinski definition) is 3. The summed E-state index contributed by atoms with van der Waals surface area (Å²) in [5, 5.41) is 2.87. The lowest BCUT2D eigenvalue weighted by molar-refractivity contribution is -0.151. The van der Waals surface area contributed by atoms with Crippen molar-refractivity contribution in [3.63, 3.8) is 0 Å². The fraction of sp³-hybridized carbons (Fsp3) is 0.500. The van der Waals surface area contributed by atoms with E-state index in [-0.39, 0.29) is 24.4 Å². The number of amides is 2. The molecule has 0 aliphatic carbocycles. The molecule has 2 amide bonds. The van der Waals surface area contributed by atoms with Crippen molar-refractivity contribution in [1.82, 2.24) is 10.2 Å². The van der Waals surface area contributed by atoms with E-state index in [9.17, 15) is 9.59 Å². The van der Waals surface area contributed by atoms with Crippen LogP contribution < -0.4 is 5.32 Å². The summed E-state index contributed by atoms with van der Waals surface area (Å²) in [6, 6.07) is 9.55. The topological polar surface area (TPSA) is 49.4 Å². The molecule has 21 heavy (non-hydrogen) atoms. The van der Waals surface area contributed by atoms with Crippen LogP contribution in [0.2, 0.25) is 0 Å². The maximum absolute atomic E-state index is 13.0. The van der Waals surface area contributed by atoms with E-state index in [0.29, 0.717) is 0 Å². The average Bonchev–Trinajstić information content (AvgIpc) is 2.49. The van der Waals surface area contributed by atoms with Crippen LogP contribution >= 0.6 is 11.8 Å². The summed E-state index contributed by atoms with van der Waals surface area (Å²) in [4.78, 5) is 26.8. The number of nitrogens with zero attached hydrogens (tertiary/aromatic N) is 1. The van der Waals surface area contributed by atoms with Crippen LogP contribution in [-0.2, 0) is 15.1 Å². The molecule has 0 bridgehead atoms. The van der Waals surface area contributed by atoms with Gasteiger partial charge in [-0.1, -0.05) is 37.3 Å². The molecule has 1 aliphatic rings. The van der Waals surface area contributed by atoms with Crippen LogP contribution in [0.1, 0.15) is 25.8 Å². The largest absolute Gasteiger partial charge is 0.337 e. The Hall–Kier alpha value is -1.49. The van der Waals surface area contributed by atoms with E-state index in [1.807, 2.05) is 36.6 Å². The summed E-state index contributed by atoms with van der Waals surface area (Å²) >= 11 is 1.70. The molecule has 1 fully saturated rings. The maximum Gasteiger partial charge on any atom is 0.253 e. The Morgan fingerprint density at radius 2 is 2.00 bits per heavy atom. The Morgan fingerprint density at radius 1 is 1.33 bits per heavy atom. The third-order valence-electron chi connectivity index (χ3n) is 4.01. The minimum atomic E-state index is -0.970. The fourth-order valence-electron chi connectivity index (χ4n) is 2.77. The quantitative estimate of drug-likeness (QED) is 0.905. The molecule has 2 atom stereocenters. The van der Waals surface area contributed by atoms with Gasteiger partial charge >= 0.3 is 0 Å². The van der Waals surface area contributed by atoms with Crippen LogP contribution in [0.3, 0.4) is 0 Å². The molecule has 1 aliphatic heterocycles. The van der Waals surface area contributed by atoms with Gasteiger partial charge in [-0.05, 0) is 25.2 Å². The first kappa shape index (κ1) is 15.9. The lowest BCUT2D eigenvalue weighted by atomic mass is 9.88. The number of carbonyl (C=O) groups excluding carboxylic acids is 2. The lowest BCUT2D eigenvalue weighted by Gasteiger charge is -2.43. The van der Waals surface area contributed by atoms with Crippen molar-refractivity contribution in [2.45, 2.75) is 31.8 Å². The van der Waals surface area contributed by atoms with Gasteiger partial charge in [-0.15, -0.1) is 0 Å².